The number of fused-ring (bicyclic) bond motifs is 1. The van der Waals surface area contributed by atoms with Gasteiger partial charge in [-0.25, -0.2) is 4.98 Å². The first-order valence-corrected chi connectivity index (χ1v) is 11.5. The van der Waals surface area contributed by atoms with Gasteiger partial charge in [0.15, 0.2) is 5.96 Å². The van der Waals surface area contributed by atoms with Crippen LogP contribution in [0.25, 0.3) is 11.0 Å². The zero-order valence-corrected chi connectivity index (χ0v) is 18.7. The molecule has 1 aromatic carbocycles. The van der Waals surface area contributed by atoms with E-state index in [1.165, 1.54) is 18.4 Å². The minimum atomic E-state index is 0.202. The van der Waals surface area contributed by atoms with Crippen molar-refractivity contribution in [1.82, 2.24) is 25.1 Å². The zero-order valence-electron chi connectivity index (χ0n) is 18.7. The van der Waals surface area contributed by atoms with Gasteiger partial charge in [-0.15, -0.1) is 0 Å². The van der Waals surface area contributed by atoms with E-state index in [0.717, 1.165) is 62.2 Å². The van der Waals surface area contributed by atoms with Crippen LogP contribution in [-0.4, -0.2) is 53.1 Å². The van der Waals surface area contributed by atoms with Gasteiger partial charge in [0.25, 0.3) is 0 Å². The number of rotatable bonds is 9. The number of aryl methyl sites for hydroxylation is 2. The predicted octanol–water partition coefficient (Wildman–Crippen LogP) is 3.72. The maximum absolute atomic E-state index is 5.73. The second-order valence-corrected chi connectivity index (χ2v) is 8.07. The maximum Gasteiger partial charge on any atom is 0.191 e. The molecule has 1 aliphatic rings. The lowest BCUT2D eigenvalue weighted by Gasteiger charge is -2.24. The first-order chi connectivity index (χ1) is 15.3. The third kappa shape index (κ3) is 5.28. The lowest BCUT2D eigenvalue weighted by molar-refractivity contribution is 0.221. The predicted molar refractivity (Wildman–Crippen MR) is 125 cm³/mol. The van der Waals surface area contributed by atoms with E-state index in [9.17, 15) is 0 Å². The first kappa shape index (κ1) is 21.4. The van der Waals surface area contributed by atoms with Gasteiger partial charge in [0, 0.05) is 19.6 Å². The van der Waals surface area contributed by atoms with Crippen molar-refractivity contribution in [3.05, 3.63) is 54.2 Å². The quantitative estimate of drug-likeness (QED) is 0.312. The van der Waals surface area contributed by atoms with Crippen LogP contribution in [0.3, 0.4) is 0 Å². The second-order valence-electron chi connectivity index (χ2n) is 8.07. The van der Waals surface area contributed by atoms with Crippen molar-refractivity contribution >= 4 is 17.0 Å². The van der Waals surface area contributed by atoms with Gasteiger partial charge in [-0.2, -0.15) is 0 Å². The van der Waals surface area contributed by atoms with Crippen molar-refractivity contribution in [3.63, 3.8) is 0 Å². The molecule has 1 saturated heterocycles. The molecule has 2 aromatic heterocycles. The number of nitrogens with one attached hydrogen (secondary N) is 2. The molecule has 3 heterocycles. The van der Waals surface area contributed by atoms with E-state index in [-0.39, 0.29) is 6.04 Å². The van der Waals surface area contributed by atoms with Gasteiger partial charge >= 0.3 is 0 Å². The molecule has 1 fully saturated rings. The number of furan rings is 1. The molecule has 1 atom stereocenters. The standard InChI is InChI=1S/C24H34N6O/c1-3-25-24(27-18-22(23-12-8-17-31-23)29-14-6-7-15-29)26-13-9-16-30-19(2)28-20-10-4-5-11-21(20)30/h4-5,8,10-12,17,22H,3,6-7,9,13-16,18H2,1-2H3,(H2,25,26,27). The first-order valence-electron chi connectivity index (χ1n) is 11.5. The van der Waals surface area contributed by atoms with Gasteiger partial charge in [-0.05, 0) is 70.5 Å². The maximum atomic E-state index is 5.73. The molecular weight excluding hydrogens is 388 g/mol. The number of nitrogens with zero attached hydrogens (tertiary/aromatic N) is 4. The van der Waals surface area contributed by atoms with Crippen molar-refractivity contribution < 1.29 is 4.42 Å². The number of aromatic nitrogens is 2. The number of hydrogen-bond donors (Lipinski definition) is 2. The lowest BCUT2D eigenvalue weighted by Crippen LogP contribution is -2.39. The number of aliphatic imine (C=N–C) groups is 1. The Morgan fingerprint density at radius 2 is 2.00 bits per heavy atom. The number of benzene rings is 1. The van der Waals surface area contributed by atoms with Crippen molar-refractivity contribution in [1.29, 1.82) is 0 Å². The Hall–Kier alpha value is -2.80. The third-order valence-corrected chi connectivity index (χ3v) is 5.92. The molecule has 0 bridgehead atoms. The molecule has 3 aromatic rings. The molecule has 7 heteroatoms. The summed E-state index contributed by atoms with van der Waals surface area (Å²) in [5.41, 5.74) is 2.27. The fraction of sp³-hybridized carbons (Fsp3) is 0.500. The summed E-state index contributed by atoms with van der Waals surface area (Å²) in [6, 6.07) is 12.6. The number of guanidine groups is 1. The third-order valence-electron chi connectivity index (χ3n) is 5.92. The zero-order chi connectivity index (χ0) is 21.5. The Morgan fingerprint density at radius 1 is 1.16 bits per heavy atom. The molecule has 1 aliphatic heterocycles. The largest absolute Gasteiger partial charge is 0.468 e. The molecular formula is C24H34N6O. The minimum absolute atomic E-state index is 0.202. The fourth-order valence-corrected chi connectivity index (χ4v) is 4.36. The van der Waals surface area contributed by atoms with E-state index in [1.807, 2.05) is 12.1 Å². The Labute approximate surface area is 184 Å². The highest BCUT2D eigenvalue weighted by atomic mass is 16.3. The molecule has 0 aliphatic carbocycles. The number of likely N-dealkylation sites (tertiary alicyclic amines) is 1. The Balaban J connectivity index is 1.34. The summed E-state index contributed by atoms with van der Waals surface area (Å²) in [6.07, 6.45) is 5.26. The van der Waals surface area contributed by atoms with Gasteiger partial charge in [0.2, 0.25) is 0 Å². The highest BCUT2D eigenvalue weighted by Gasteiger charge is 2.25. The monoisotopic (exact) mass is 422 g/mol. The highest BCUT2D eigenvalue weighted by Crippen LogP contribution is 2.25. The molecule has 2 N–H and O–H groups in total. The second kappa shape index (κ2) is 10.5. The molecule has 0 radical (unpaired) electrons. The van der Waals surface area contributed by atoms with Crippen LogP contribution in [0.4, 0.5) is 0 Å². The summed E-state index contributed by atoms with van der Waals surface area (Å²) in [5, 5.41) is 6.88. The average molecular weight is 423 g/mol. The van der Waals surface area contributed by atoms with E-state index in [1.54, 1.807) is 6.26 Å². The molecule has 7 nitrogen and oxygen atoms in total. The summed E-state index contributed by atoms with van der Waals surface area (Å²) in [4.78, 5) is 12.0. The van der Waals surface area contributed by atoms with Crippen LogP contribution >= 0.6 is 0 Å². The van der Waals surface area contributed by atoms with E-state index in [0.29, 0.717) is 6.54 Å². The van der Waals surface area contributed by atoms with Crippen LogP contribution in [0.1, 0.15) is 43.8 Å². The van der Waals surface area contributed by atoms with Crippen molar-refractivity contribution in [2.45, 2.75) is 45.7 Å². The van der Waals surface area contributed by atoms with Gasteiger partial charge in [-0.1, -0.05) is 12.1 Å². The topological polar surface area (TPSA) is 70.6 Å². The molecule has 166 valence electrons. The molecule has 0 saturated carbocycles. The van der Waals surface area contributed by atoms with Gasteiger partial charge in [0.05, 0.1) is 29.9 Å². The fourth-order valence-electron chi connectivity index (χ4n) is 4.36. The normalized spacial score (nSPS) is 16.1. The SMILES string of the molecule is CCNC(=NCC(c1ccco1)N1CCCC1)NCCCn1c(C)nc2ccccc21. The van der Waals surface area contributed by atoms with Crippen LogP contribution in [0.5, 0.6) is 0 Å². The Bertz CT molecular complexity index is 971. The van der Waals surface area contributed by atoms with Crippen LogP contribution in [0, 0.1) is 6.92 Å². The van der Waals surface area contributed by atoms with Gasteiger partial charge in [0.1, 0.15) is 11.6 Å². The van der Waals surface area contributed by atoms with Crippen molar-refractivity contribution in [3.8, 4) is 0 Å². The van der Waals surface area contributed by atoms with Crippen LogP contribution < -0.4 is 10.6 Å². The van der Waals surface area contributed by atoms with E-state index >= 15 is 0 Å². The number of hydrogen-bond acceptors (Lipinski definition) is 4. The van der Waals surface area contributed by atoms with E-state index in [2.05, 4.69) is 63.2 Å². The van der Waals surface area contributed by atoms with Crippen LogP contribution in [-0.2, 0) is 6.54 Å². The summed E-state index contributed by atoms with van der Waals surface area (Å²) in [7, 11) is 0. The Kier molecular flexibility index (Phi) is 7.25. The Morgan fingerprint density at radius 3 is 2.77 bits per heavy atom. The average Bonchev–Trinajstić information content (AvgIpc) is 3.53. The minimum Gasteiger partial charge on any atom is -0.468 e. The molecule has 4 rings (SSSR count). The van der Waals surface area contributed by atoms with Gasteiger partial charge < -0.3 is 19.6 Å². The van der Waals surface area contributed by atoms with Crippen LogP contribution in [0.15, 0.2) is 52.1 Å². The summed E-state index contributed by atoms with van der Waals surface area (Å²) in [5.74, 6) is 2.93. The highest BCUT2D eigenvalue weighted by molar-refractivity contribution is 5.79. The van der Waals surface area contributed by atoms with E-state index in [4.69, 9.17) is 9.41 Å². The molecule has 1 unspecified atom stereocenters. The molecule has 31 heavy (non-hydrogen) atoms. The van der Waals surface area contributed by atoms with Crippen LogP contribution in [0.2, 0.25) is 0 Å². The lowest BCUT2D eigenvalue weighted by atomic mass is 10.2. The van der Waals surface area contributed by atoms with Crippen molar-refractivity contribution in [2.75, 3.05) is 32.7 Å². The smallest absolute Gasteiger partial charge is 0.191 e. The van der Waals surface area contributed by atoms with E-state index < -0.39 is 0 Å². The number of para-hydroxylation sites is 2. The summed E-state index contributed by atoms with van der Waals surface area (Å²) in [6.45, 7) is 9.72. The van der Waals surface area contributed by atoms with Crippen molar-refractivity contribution in [2.24, 2.45) is 4.99 Å². The summed E-state index contributed by atoms with van der Waals surface area (Å²) >= 11 is 0. The summed E-state index contributed by atoms with van der Waals surface area (Å²) < 4.78 is 8.02. The number of imidazole rings is 1. The van der Waals surface area contributed by atoms with Gasteiger partial charge in [-0.3, -0.25) is 9.89 Å². The molecule has 0 amide bonds. The molecule has 0 spiro atoms.